The van der Waals surface area contributed by atoms with Crippen molar-refractivity contribution in [3.63, 3.8) is 0 Å². The lowest BCUT2D eigenvalue weighted by Gasteiger charge is -2.34. The van der Waals surface area contributed by atoms with E-state index in [1.165, 1.54) is 4.68 Å². The van der Waals surface area contributed by atoms with Crippen molar-refractivity contribution in [1.82, 2.24) is 24.9 Å². The van der Waals surface area contributed by atoms with Crippen LogP contribution >= 0.6 is 0 Å². The highest BCUT2D eigenvalue weighted by Gasteiger charge is 2.21. The van der Waals surface area contributed by atoms with Crippen molar-refractivity contribution in [2.24, 2.45) is 0 Å². The Hall–Kier alpha value is -2.74. The second-order valence-electron chi connectivity index (χ2n) is 6.24. The van der Waals surface area contributed by atoms with E-state index in [0.29, 0.717) is 6.54 Å². The van der Waals surface area contributed by atoms with E-state index >= 15 is 0 Å². The Morgan fingerprint density at radius 1 is 1.12 bits per heavy atom. The van der Waals surface area contributed by atoms with Crippen LogP contribution in [-0.2, 0) is 6.54 Å². The van der Waals surface area contributed by atoms with Gasteiger partial charge in [-0.15, -0.1) is 5.10 Å². The fraction of sp³-hybridized carbons (Fsp3) is 0.412. The number of fused-ring (bicyclic) bond motifs is 1. The van der Waals surface area contributed by atoms with Gasteiger partial charge in [-0.05, 0) is 19.1 Å². The Kier molecular flexibility index (Phi) is 4.19. The first-order valence-corrected chi connectivity index (χ1v) is 8.42. The molecular formula is C17H20N6O2. The van der Waals surface area contributed by atoms with Crippen molar-refractivity contribution in [1.29, 1.82) is 0 Å². The van der Waals surface area contributed by atoms with Crippen molar-refractivity contribution < 1.29 is 4.42 Å². The zero-order valence-electron chi connectivity index (χ0n) is 14.1. The quantitative estimate of drug-likeness (QED) is 0.698. The summed E-state index contributed by atoms with van der Waals surface area (Å²) in [5.41, 5.74) is 1.59. The molecule has 0 unspecified atom stereocenters. The molecule has 3 aromatic rings. The van der Waals surface area contributed by atoms with Gasteiger partial charge in [-0.25, -0.2) is 4.68 Å². The fourth-order valence-corrected chi connectivity index (χ4v) is 3.13. The molecule has 8 heteroatoms. The molecule has 0 saturated carbocycles. The summed E-state index contributed by atoms with van der Waals surface area (Å²) in [5.74, 6) is 0.804. The number of rotatable bonds is 4. The first-order chi connectivity index (χ1) is 12.2. The summed E-state index contributed by atoms with van der Waals surface area (Å²) in [6, 6.07) is 5.22. The predicted molar refractivity (Wildman–Crippen MR) is 93.7 cm³/mol. The molecule has 0 aliphatic carbocycles. The Morgan fingerprint density at radius 3 is 2.80 bits per heavy atom. The van der Waals surface area contributed by atoms with Crippen LogP contribution in [0.25, 0.3) is 11.0 Å². The van der Waals surface area contributed by atoms with Crippen LogP contribution in [0.15, 0.2) is 39.9 Å². The van der Waals surface area contributed by atoms with Gasteiger partial charge in [0.15, 0.2) is 11.4 Å². The molecular weight excluding hydrogens is 320 g/mol. The maximum absolute atomic E-state index is 11.8. The van der Waals surface area contributed by atoms with Gasteiger partial charge >= 0.3 is 0 Å². The Balaban J connectivity index is 1.38. The number of anilines is 1. The smallest absolute Gasteiger partial charge is 0.266 e. The number of piperazine rings is 1. The number of hydrogen-bond donors (Lipinski definition) is 0. The van der Waals surface area contributed by atoms with E-state index in [0.717, 1.165) is 55.2 Å². The topological polar surface area (TPSA) is 80.3 Å². The molecule has 0 amide bonds. The van der Waals surface area contributed by atoms with E-state index in [2.05, 4.69) is 25.1 Å². The molecule has 1 aliphatic rings. The summed E-state index contributed by atoms with van der Waals surface area (Å²) in [5, 5.41) is 13.6. The molecule has 0 aromatic carbocycles. The third-order valence-electron chi connectivity index (χ3n) is 4.55. The van der Waals surface area contributed by atoms with Crippen LogP contribution < -0.4 is 10.5 Å². The zero-order chi connectivity index (χ0) is 17.2. The lowest BCUT2D eigenvalue weighted by atomic mass is 10.3. The van der Waals surface area contributed by atoms with Crippen LogP contribution in [0.4, 0.5) is 5.82 Å². The summed E-state index contributed by atoms with van der Waals surface area (Å²) in [7, 11) is 0. The standard InChI is InChI=1S/C17H20N6O2/c1-13-2-3-15(24)23(20-13)10-7-21-5-8-22(9-6-21)17-16-14(4-11-25-16)12-18-19-17/h2-4,11-12H,5-10H2,1H3. The first-order valence-electron chi connectivity index (χ1n) is 8.42. The van der Waals surface area contributed by atoms with E-state index in [1.807, 2.05) is 13.0 Å². The Labute approximate surface area is 144 Å². The summed E-state index contributed by atoms with van der Waals surface area (Å²) >= 11 is 0. The monoisotopic (exact) mass is 340 g/mol. The second-order valence-corrected chi connectivity index (χ2v) is 6.24. The minimum absolute atomic E-state index is 0.0518. The number of aryl methyl sites for hydroxylation is 1. The highest BCUT2D eigenvalue weighted by molar-refractivity contribution is 5.86. The van der Waals surface area contributed by atoms with Crippen LogP contribution in [0, 0.1) is 6.92 Å². The van der Waals surface area contributed by atoms with Gasteiger partial charge in [-0.1, -0.05) is 0 Å². The molecule has 0 N–H and O–H groups in total. The van der Waals surface area contributed by atoms with Crippen molar-refractivity contribution >= 4 is 16.8 Å². The maximum Gasteiger partial charge on any atom is 0.266 e. The normalized spacial score (nSPS) is 15.8. The molecule has 4 rings (SSSR count). The number of furan rings is 1. The molecule has 0 radical (unpaired) electrons. The lowest BCUT2D eigenvalue weighted by Crippen LogP contribution is -2.48. The van der Waals surface area contributed by atoms with Gasteiger partial charge in [-0.3, -0.25) is 9.69 Å². The zero-order valence-corrected chi connectivity index (χ0v) is 14.1. The molecule has 0 atom stereocenters. The van der Waals surface area contributed by atoms with Gasteiger partial charge < -0.3 is 9.32 Å². The maximum atomic E-state index is 11.8. The van der Waals surface area contributed by atoms with Crippen LogP contribution in [0.2, 0.25) is 0 Å². The minimum Gasteiger partial charge on any atom is -0.460 e. The van der Waals surface area contributed by atoms with Crippen molar-refractivity contribution in [2.45, 2.75) is 13.5 Å². The van der Waals surface area contributed by atoms with Crippen LogP contribution in [-0.4, -0.2) is 57.6 Å². The molecule has 1 saturated heterocycles. The third kappa shape index (κ3) is 3.25. The summed E-state index contributed by atoms with van der Waals surface area (Å²) in [6.07, 6.45) is 3.38. The van der Waals surface area contributed by atoms with E-state index in [4.69, 9.17) is 4.42 Å². The summed E-state index contributed by atoms with van der Waals surface area (Å²) < 4.78 is 7.09. The molecule has 130 valence electrons. The molecule has 3 aromatic heterocycles. The minimum atomic E-state index is -0.0518. The van der Waals surface area contributed by atoms with E-state index in [-0.39, 0.29) is 5.56 Å². The van der Waals surface area contributed by atoms with Crippen LogP contribution in [0.5, 0.6) is 0 Å². The van der Waals surface area contributed by atoms with Crippen molar-refractivity contribution in [2.75, 3.05) is 37.6 Å². The fourth-order valence-electron chi connectivity index (χ4n) is 3.13. The highest BCUT2D eigenvalue weighted by Crippen LogP contribution is 2.24. The molecule has 4 heterocycles. The van der Waals surface area contributed by atoms with Crippen LogP contribution in [0.3, 0.4) is 0 Å². The largest absolute Gasteiger partial charge is 0.460 e. The Bertz CT molecular complexity index is 926. The molecule has 8 nitrogen and oxygen atoms in total. The molecule has 1 fully saturated rings. The van der Waals surface area contributed by atoms with Gasteiger partial charge in [0.1, 0.15) is 0 Å². The average molecular weight is 340 g/mol. The van der Waals surface area contributed by atoms with Gasteiger partial charge in [0.25, 0.3) is 5.56 Å². The SMILES string of the molecule is Cc1ccc(=O)n(CCN2CCN(c3nncc4ccoc34)CC2)n1. The number of aromatic nitrogens is 4. The summed E-state index contributed by atoms with van der Waals surface area (Å²) in [6.45, 7) is 6.81. The first kappa shape index (κ1) is 15.8. The molecule has 25 heavy (non-hydrogen) atoms. The van der Waals surface area contributed by atoms with E-state index in [1.54, 1.807) is 24.6 Å². The highest BCUT2D eigenvalue weighted by atomic mass is 16.3. The van der Waals surface area contributed by atoms with E-state index in [9.17, 15) is 4.79 Å². The van der Waals surface area contributed by atoms with Gasteiger partial charge in [0.05, 0.1) is 24.7 Å². The van der Waals surface area contributed by atoms with Crippen molar-refractivity contribution in [3.8, 4) is 0 Å². The second kappa shape index (κ2) is 6.64. The third-order valence-corrected chi connectivity index (χ3v) is 4.55. The predicted octanol–water partition coefficient (Wildman–Crippen LogP) is 0.910. The van der Waals surface area contributed by atoms with Crippen LogP contribution in [0.1, 0.15) is 5.69 Å². The molecule has 0 bridgehead atoms. The van der Waals surface area contributed by atoms with Gasteiger partial charge in [-0.2, -0.15) is 10.2 Å². The average Bonchev–Trinajstić information content (AvgIpc) is 3.12. The lowest BCUT2D eigenvalue weighted by molar-refractivity contribution is 0.242. The van der Waals surface area contributed by atoms with Gasteiger partial charge in [0, 0.05) is 44.2 Å². The number of nitrogens with zero attached hydrogens (tertiary/aromatic N) is 6. The van der Waals surface area contributed by atoms with Gasteiger partial charge in [0.2, 0.25) is 0 Å². The van der Waals surface area contributed by atoms with E-state index < -0.39 is 0 Å². The summed E-state index contributed by atoms with van der Waals surface area (Å²) in [4.78, 5) is 16.4. The molecule has 1 aliphatic heterocycles. The van der Waals surface area contributed by atoms with Crippen molar-refractivity contribution in [3.05, 3.63) is 46.7 Å². The Morgan fingerprint density at radius 2 is 1.96 bits per heavy atom. The molecule has 0 spiro atoms. The number of hydrogen-bond acceptors (Lipinski definition) is 7.